The molecule has 0 unspecified atom stereocenters. The van der Waals surface area contributed by atoms with Gasteiger partial charge in [0.25, 0.3) is 5.91 Å². The van der Waals surface area contributed by atoms with Crippen molar-refractivity contribution >= 4 is 23.1 Å². The van der Waals surface area contributed by atoms with Gasteiger partial charge >= 0.3 is 0 Å². The molecule has 3 aromatic rings. The Morgan fingerprint density at radius 2 is 1.79 bits per heavy atom. The van der Waals surface area contributed by atoms with Gasteiger partial charge in [-0.15, -0.1) is 0 Å². The molecule has 0 bridgehead atoms. The van der Waals surface area contributed by atoms with Gasteiger partial charge < -0.3 is 15.5 Å². The van der Waals surface area contributed by atoms with Gasteiger partial charge in [-0.25, -0.2) is 4.98 Å². The van der Waals surface area contributed by atoms with Gasteiger partial charge in [0.2, 0.25) is 0 Å². The number of amides is 1. The molecule has 0 saturated carbocycles. The summed E-state index contributed by atoms with van der Waals surface area (Å²) in [5.41, 5.74) is 3.57. The van der Waals surface area contributed by atoms with Crippen molar-refractivity contribution in [3.63, 3.8) is 0 Å². The lowest BCUT2D eigenvalue weighted by molar-refractivity contribution is 0.0950. The predicted molar refractivity (Wildman–Crippen MR) is 111 cm³/mol. The standard InChI is InChI=1S/C22H23N5O/c28-22(25-16-19-5-1-2-11-23-19)17-10-12-24-21(15-17)26-18-6-8-20(9-7-18)27-13-3-4-14-27/h1-2,5-12,15H,3-4,13-14,16H2,(H,24,26)(H,25,28). The third kappa shape index (κ3) is 4.46. The summed E-state index contributed by atoms with van der Waals surface area (Å²) >= 11 is 0. The summed E-state index contributed by atoms with van der Waals surface area (Å²) in [6.45, 7) is 2.65. The minimum Gasteiger partial charge on any atom is -0.372 e. The number of carbonyl (C=O) groups excluding carboxylic acids is 1. The van der Waals surface area contributed by atoms with Gasteiger partial charge in [0.15, 0.2) is 0 Å². The Labute approximate surface area is 164 Å². The topological polar surface area (TPSA) is 70.1 Å². The zero-order valence-electron chi connectivity index (χ0n) is 15.6. The SMILES string of the molecule is O=C(NCc1ccccn1)c1ccnc(Nc2ccc(N3CCCC3)cc2)c1. The number of carbonyl (C=O) groups is 1. The largest absolute Gasteiger partial charge is 0.372 e. The molecule has 0 aliphatic carbocycles. The molecule has 6 nitrogen and oxygen atoms in total. The quantitative estimate of drug-likeness (QED) is 0.689. The summed E-state index contributed by atoms with van der Waals surface area (Å²) in [7, 11) is 0. The highest BCUT2D eigenvalue weighted by atomic mass is 16.1. The van der Waals surface area contributed by atoms with Crippen molar-refractivity contribution in [2.45, 2.75) is 19.4 Å². The number of anilines is 3. The van der Waals surface area contributed by atoms with Crippen LogP contribution in [0.2, 0.25) is 0 Å². The summed E-state index contributed by atoms with van der Waals surface area (Å²) in [5, 5.41) is 6.15. The molecule has 1 aliphatic heterocycles. The van der Waals surface area contributed by atoms with Crippen molar-refractivity contribution in [3.05, 3.63) is 78.2 Å². The van der Waals surface area contributed by atoms with Crippen LogP contribution in [0.5, 0.6) is 0 Å². The molecular formula is C22H23N5O. The van der Waals surface area contributed by atoms with E-state index in [1.54, 1.807) is 24.5 Å². The summed E-state index contributed by atoms with van der Waals surface area (Å²) in [5.74, 6) is 0.486. The Balaban J connectivity index is 1.38. The first-order valence-corrected chi connectivity index (χ1v) is 9.54. The number of nitrogens with one attached hydrogen (secondary N) is 2. The van der Waals surface area contributed by atoms with Gasteiger partial charge in [0.05, 0.1) is 12.2 Å². The van der Waals surface area contributed by atoms with E-state index in [-0.39, 0.29) is 5.91 Å². The number of rotatable bonds is 6. The van der Waals surface area contributed by atoms with Crippen LogP contribution in [0.4, 0.5) is 17.2 Å². The highest BCUT2D eigenvalue weighted by Gasteiger charge is 2.12. The van der Waals surface area contributed by atoms with Gasteiger partial charge in [-0.05, 0) is 61.4 Å². The van der Waals surface area contributed by atoms with E-state index in [1.807, 2.05) is 30.3 Å². The molecule has 4 rings (SSSR count). The van der Waals surface area contributed by atoms with Crippen LogP contribution < -0.4 is 15.5 Å². The molecule has 1 aromatic carbocycles. The average molecular weight is 373 g/mol. The maximum atomic E-state index is 12.4. The fourth-order valence-corrected chi connectivity index (χ4v) is 3.29. The maximum Gasteiger partial charge on any atom is 0.251 e. The zero-order valence-corrected chi connectivity index (χ0v) is 15.6. The number of hydrogen-bond acceptors (Lipinski definition) is 5. The van der Waals surface area contributed by atoms with Crippen molar-refractivity contribution in [1.82, 2.24) is 15.3 Å². The number of aromatic nitrogens is 2. The van der Waals surface area contributed by atoms with Crippen LogP contribution in [0.15, 0.2) is 67.0 Å². The van der Waals surface area contributed by atoms with E-state index in [0.29, 0.717) is 17.9 Å². The van der Waals surface area contributed by atoms with Gasteiger partial charge in [-0.1, -0.05) is 6.07 Å². The molecule has 3 heterocycles. The van der Waals surface area contributed by atoms with Crippen LogP contribution >= 0.6 is 0 Å². The average Bonchev–Trinajstić information content (AvgIpc) is 3.28. The first kappa shape index (κ1) is 18.0. The Morgan fingerprint density at radius 1 is 0.964 bits per heavy atom. The van der Waals surface area contributed by atoms with E-state index >= 15 is 0 Å². The zero-order chi connectivity index (χ0) is 19.2. The van der Waals surface area contributed by atoms with Crippen LogP contribution in [-0.2, 0) is 6.54 Å². The monoisotopic (exact) mass is 373 g/mol. The summed E-state index contributed by atoms with van der Waals surface area (Å²) in [6.07, 6.45) is 5.87. The smallest absolute Gasteiger partial charge is 0.251 e. The fourth-order valence-electron chi connectivity index (χ4n) is 3.29. The van der Waals surface area contributed by atoms with Crippen LogP contribution in [0.3, 0.4) is 0 Å². The molecule has 0 spiro atoms. The predicted octanol–water partition coefficient (Wildman–Crippen LogP) is 3.75. The Kier molecular flexibility index (Phi) is 5.47. The third-order valence-corrected chi connectivity index (χ3v) is 4.79. The van der Waals surface area contributed by atoms with Crippen LogP contribution in [0.25, 0.3) is 0 Å². The molecule has 28 heavy (non-hydrogen) atoms. The lowest BCUT2D eigenvalue weighted by Gasteiger charge is -2.18. The fraction of sp³-hybridized carbons (Fsp3) is 0.227. The van der Waals surface area contributed by atoms with E-state index < -0.39 is 0 Å². The lowest BCUT2D eigenvalue weighted by atomic mass is 10.2. The van der Waals surface area contributed by atoms with Crippen molar-refractivity contribution in [2.24, 2.45) is 0 Å². The Bertz CT molecular complexity index is 921. The minimum atomic E-state index is -0.152. The summed E-state index contributed by atoms with van der Waals surface area (Å²) in [4.78, 5) is 23.3. The van der Waals surface area contributed by atoms with Gasteiger partial charge in [-0.3, -0.25) is 9.78 Å². The second-order valence-electron chi connectivity index (χ2n) is 6.80. The first-order chi connectivity index (χ1) is 13.8. The Morgan fingerprint density at radius 3 is 2.54 bits per heavy atom. The molecule has 1 saturated heterocycles. The number of hydrogen-bond donors (Lipinski definition) is 2. The van der Waals surface area contributed by atoms with Crippen molar-refractivity contribution in [3.8, 4) is 0 Å². The van der Waals surface area contributed by atoms with Gasteiger partial charge in [-0.2, -0.15) is 0 Å². The second-order valence-corrected chi connectivity index (χ2v) is 6.80. The minimum absolute atomic E-state index is 0.152. The van der Waals surface area contributed by atoms with Crippen LogP contribution in [-0.4, -0.2) is 29.0 Å². The highest BCUT2D eigenvalue weighted by molar-refractivity contribution is 5.94. The van der Waals surface area contributed by atoms with E-state index in [2.05, 4.69) is 37.6 Å². The first-order valence-electron chi connectivity index (χ1n) is 9.54. The molecule has 0 atom stereocenters. The summed E-state index contributed by atoms with van der Waals surface area (Å²) in [6, 6.07) is 17.4. The van der Waals surface area contributed by atoms with E-state index in [9.17, 15) is 4.79 Å². The molecule has 6 heteroatoms. The Hall–Kier alpha value is -3.41. The van der Waals surface area contributed by atoms with Crippen LogP contribution in [0.1, 0.15) is 28.9 Å². The van der Waals surface area contributed by atoms with Crippen LogP contribution in [0, 0.1) is 0 Å². The van der Waals surface area contributed by atoms with E-state index in [4.69, 9.17) is 0 Å². The van der Waals surface area contributed by atoms with Crippen molar-refractivity contribution in [2.75, 3.05) is 23.3 Å². The number of pyridine rings is 2. The summed E-state index contributed by atoms with van der Waals surface area (Å²) < 4.78 is 0. The molecule has 1 amide bonds. The molecule has 0 radical (unpaired) electrons. The maximum absolute atomic E-state index is 12.4. The molecule has 1 fully saturated rings. The highest BCUT2D eigenvalue weighted by Crippen LogP contribution is 2.23. The molecule has 1 aliphatic rings. The van der Waals surface area contributed by atoms with Gasteiger partial charge in [0.1, 0.15) is 5.82 Å². The molecule has 2 aromatic heterocycles. The van der Waals surface area contributed by atoms with Gasteiger partial charge in [0, 0.05) is 42.4 Å². The number of nitrogens with zero attached hydrogens (tertiary/aromatic N) is 3. The number of benzene rings is 1. The van der Waals surface area contributed by atoms with Crippen molar-refractivity contribution in [1.29, 1.82) is 0 Å². The third-order valence-electron chi connectivity index (χ3n) is 4.79. The molecular weight excluding hydrogens is 350 g/mol. The van der Waals surface area contributed by atoms with E-state index in [0.717, 1.165) is 24.5 Å². The van der Waals surface area contributed by atoms with E-state index in [1.165, 1.54) is 18.5 Å². The van der Waals surface area contributed by atoms with Crippen molar-refractivity contribution < 1.29 is 4.79 Å². The molecule has 142 valence electrons. The molecule has 2 N–H and O–H groups in total. The normalized spacial score (nSPS) is 13.4. The second kappa shape index (κ2) is 8.52. The lowest BCUT2D eigenvalue weighted by Crippen LogP contribution is -2.23.